The molecule has 2 amide bonds. The van der Waals surface area contributed by atoms with Crippen LogP contribution in [0.2, 0.25) is 0 Å². The van der Waals surface area contributed by atoms with Crippen molar-refractivity contribution in [3.05, 3.63) is 36.0 Å². The first-order valence-electron chi connectivity index (χ1n) is 9.69. The fourth-order valence-electron chi connectivity index (χ4n) is 3.26. The highest BCUT2D eigenvalue weighted by Crippen LogP contribution is 2.32. The van der Waals surface area contributed by atoms with Crippen LogP contribution < -0.4 is 10.2 Å². The second kappa shape index (κ2) is 10.2. The van der Waals surface area contributed by atoms with E-state index < -0.39 is 29.6 Å². The first kappa shape index (κ1) is 22.5. The monoisotopic (exact) mass is 455 g/mol. The van der Waals surface area contributed by atoms with Crippen LogP contribution in [0.5, 0.6) is 0 Å². The van der Waals surface area contributed by atoms with Crippen LogP contribution >= 0.6 is 23.1 Å². The van der Waals surface area contributed by atoms with Gasteiger partial charge in [-0.1, -0.05) is 37.2 Å². The van der Waals surface area contributed by atoms with Crippen LogP contribution in [0.25, 0.3) is 0 Å². The Hall–Kier alpha value is -2.20. The lowest BCUT2D eigenvalue weighted by atomic mass is 10.1. The predicted octanol–water partition coefficient (Wildman–Crippen LogP) is 5.46. The Morgan fingerprint density at radius 3 is 2.80 bits per heavy atom. The maximum Gasteiger partial charge on any atom is 0.328 e. The number of nitrogens with zero attached hydrogens (tertiary/aromatic N) is 2. The third-order valence-electron chi connectivity index (χ3n) is 4.98. The minimum Gasteiger partial charge on any atom is -0.481 e. The van der Waals surface area contributed by atoms with E-state index in [0.29, 0.717) is 17.4 Å². The Morgan fingerprint density at radius 1 is 1.37 bits per heavy atom. The van der Waals surface area contributed by atoms with Crippen LogP contribution in [0.4, 0.5) is 24.4 Å². The molecule has 0 radical (unpaired) electrons. The molecule has 0 saturated heterocycles. The van der Waals surface area contributed by atoms with Crippen molar-refractivity contribution < 1.29 is 23.5 Å². The zero-order valence-corrected chi connectivity index (χ0v) is 18.1. The van der Waals surface area contributed by atoms with Gasteiger partial charge in [0, 0.05) is 12.3 Å². The number of thioether (sulfide) groups is 1. The lowest BCUT2D eigenvalue weighted by Crippen LogP contribution is -2.39. The highest BCUT2D eigenvalue weighted by Gasteiger charge is 2.27. The molecule has 6 nitrogen and oxygen atoms in total. The van der Waals surface area contributed by atoms with Gasteiger partial charge in [-0.3, -0.25) is 15.0 Å². The predicted molar refractivity (Wildman–Crippen MR) is 114 cm³/mol. The normalized spacial score (nSPS) is 15.2. The summed E-state index contributed by atoms with van der Waals surface area (Å²) < 4.78 is 28.9. The number of nitrogens with one attached hydrogen (secondary N) is 1. The molecule has 2 N–H and O–H groups in total. The average molecular weight is 456 g/mol. The van der Waals surface area contributed by atoms with Crippen LogP contribution in [-0.4, -0.2) is 34.4 Å². The van der Waals surface area contributed by atoms with Gasteiger partial charge in [-0.2, -0.15) is 0 Å². The standard InChI is InChI=1S/C20H23F2N3O3S2/c1-12(18(26)27)11-29-16-9-23-19(30-16)24-20(28)25(10-13-5-2-3-6-13)15-8-4-7-14(21)17(15)22/h4,7-9,12-13H,2-3,5-6,10-11H2,1H3,(H,26,27)(H,23,24,28). The molecule has 1 aliphatic rings. The van der Waals surface area contributed by atoms with Crippen molar-refractivity contribution >= 4 is 45.9 Å². The molecule has 1 fully saturated rings. The lowest BCUT2D eigenvalue weighted by molar-refractivity contribution is -0.140. The number of anilines is 2. The van der Waals surface area contributed by atoms with E-state index in [1.54, 1.807) is 13.1 Å². The SMILES string of the molecule is CC(CSc1cnc(NC(=O)N(CC2CCCC2)c2cccc(F)c2F)s1)C(=O)O. The van der Waals surface area contributed by atoms with Gasteiger partial charge in [-0.25, -0.2) is 18.6 Å². The third-order valence-corrected chi connectivity index (χ3v) is 7.35. The Morgan fingerprint density at radius 2 is 2.10 bits per heavy atom. The second-order valence-corrected chi connectivity index (χ2v) is 9.65. The Labute approximate surface area is 181 Å². The summed E-state index contributed by atoms with van der Waals surface area (Å²) >= 11 is 2.55. The summed E-state index contributed by atoms with van der Waals surface area (Å²) in [6, 6.07) is 3.22. The van der Waals surface area contributed by atoms with Gasteiger partial charge in [0.05, 0.1) is 22.0 Å². The maximum absolute atomic E-state index is 14.4. The minimum absolute atomic E-state index is 0.0964. The van der Waals surface area contributed by atoms with Crippen molar-refractivity contribution in [2.75, 3.05) is 22.5 Å². The number of carboxylic acid groups (broad SMARTS) is 1. The molecule has 162 valence electrons. The minimum atomic E-state index is -1.05. The average Bonchev–Trinajstić information content (AvgIpc) is 3.38. The fraction of sp³-hybridized carbons (Fsp3) is 0.450. The van der Waals surface area contributed by atoms with Gasteiger partial charge in [0.25, 0.3) is 0 Å². The number of carbonyl (C=O) groups is 2. The van der Waals surface area contributed by atoms with Gasteiger partial charge in [0.15, 0.2) is 16.8 Å². The second-order valence-electron chi connectivity index (χ2n) is 7.30. The zero-order chi connectivity index (χ0) is 21.7. The molecule has 1 saturated carbocycles. The van der Waals surface area contributed by atoms with Crippen LogP contribution in [-0.2, 0) is 4.79 Å². The number of benzene rings is 1. The summed E-state index contributed by atoms with van der Waals surface area (Å²) in [5.74, 6) is -2.82. The van der Waals surface area contributed by atoms with Gasteiger partial charge in [0.2, 0.25) is 0 Å². The number of aromatic nitrogens is 1. The molecule has 30 heavy (non-hydrogen) atoms. The number of carbonyl (C=O) groups excluding carboxylic acids is 1. The smallest absolute Gasteiger partial charge is 0.328 e. The molecule has 1 unspecified atom stereocenters. The molecule has 0 bridgehead atoms. The number of carboxylic acids is 1. The van der Waals surface area contributed by atoms with Crippen molar-refractivity contribution in [1.82, 2.24) is 4.98 Å². The lowest BCUT2D eigenvalue weighted by Gasteiger charge is -2.26. The molecule has 3 rings (SSSR count). The molecule has 1 heterocycles. The number of thiazole rings is 1. The fourth-order valence-corrected chi connectivity index (χ4v) is 5.16. The van der Waals surface area contributed by atoms with Gasteiger partial charge in [-0.15, -0.1) is 11.8 Å². The van der Waals surface area contributed by atoms with Crippen LogP contribution in [0, 0.1) is 23.5 Å². The topological polar surface area (TPSA) is 82.5 Å². The molecular weight excluding hydrogens is 432 g/mol. The number of urea groups is 1. The van der Waals surface area contributed by atoms with Gasteiger partial charge in [-0.05, 0) is 30.9 Å². The molecule has 1 aromatic carbocycles. The summed E-state index contributed by atoms with van der Waals surface area (Å²) in [6.45, 7) is 1.92. The van der Waals surface area contributed by atoms with Crippen molar-refractivity contribution in [1.29, 1.82) is 0 Å². The van der Waals surface area contributed by atoms with E-state index in [2.05, 4.69) is 10.3 Å². The highest BCUT2D eigenvalue weighted by molar-refractivity contribution is 8.01. The Balaban J connectivity index is 1.72. The molecule has 0 spiro atoms. The van der Waals surface area contributed by atoms with Crippen molar-refractivity contribution in [2.45, 2.75) is 36.8 Å². The summed E-state index contributed by atoms with van der Waals surface area (Å²) in [7, 11) is 0. The number of aliphatic carboxylic acids is 1. The van der Waals surface area contributed by atoms with Gasteiger partial charge < -0.3 is 5.11 Å². The molecule has 10 heteroatoms. The van der Waals surface area contributed by atoms with E-state index in [-0.39, 0.29) is 11.6 Å². The van der Waals surface area contributed by atoms with Gasteiger partial charge >= 0.3 is 12.0 Å². The number of hydrogen-bond acceptors (Lipinski definition) is 5. The maximum atomic E-state index is 14.4. The van der Waals surface area contributed by atoms with Crippen LogP contribution in [0.15, 0.2) is 28.6 Å². The van der Waals surface area contributed by atoms with Crippen LogP contribution in [0.3, 0.4) is 0 Å². The largest absolute Gasteiger partial charge is 0.481 e. The van der Waals surface area contributed by atoms with E-state index >= 15 is 0 Å². The summed E-state index contributed by atoms with van der Waals surface area (Å²) in [5, 5.41) is 12.0. The number of rotatable bonds is 8. The summed E-state index contributed by atoms with van der Waals surface area (Å²) in [4.78, 5) is 29.3. The molecule has 0 aliphatic heterocycles. The summed E-state index contributed by atoms with van der Waals surface area (Å²) in [6.07, 6.45) is 5.58. The Bertz CT molecular complexity index is 903. The number of hydrogen-bond donors (Lipinski definition) is 2. The van der Waals surface area contributed by atoms with E-state index in [0.717, 1.165) is 36.0 Å². The number of amides is 2. The third kappa shape index (κ3) is 5.69. The molecule has 1 atom stereocenters. The quantitative estimate of drug-likeness (QED) is 0.516. The molecule has 1 aliphatic carbocycles. The van der Waals surface area contributed by atoms with E-state index in [4.69, 9.17) is 5.11 Å². The van der Waals surface area contributed by atoms with E-state index in [1.807, 2.05) is 0 Å². The van der Waals surface area contributed by atoms with E-state index in [1.165, 1.54) is 40.1 Å². The van der Waals surface area contributed by atoms with Crippen molar-refractivity contribution in [2.24, 2.45) is 11.8 Å². The summed E-state index contributed by atoms with van der Waals surface area (Å²) in [5.41, 5.74) is -0.0964. The molecule has 1 aromatic heterocycles. The van der Waals surface area contributed by atoms with Crippen molar-refractivity contribution in [3.63, 3.8) is 0 Å². The van der Waals surface area contributed by atoms with Gasteiger partial charge in [0.1, 0.15) is 0 Å². The zero-order valence-electron chi connectivity index (χ0n) is 16.4. The number of halogens is 2. The van der Waals surface area contributed by atoms with Crippen molar-refractivity contribution in [3.8, 4) is 0 Å². The van der Waals surface area contributed by atoms with E-state index in [9.17, 15) is 18.4 Å². The Kier molecular flexibility index (Phi) is 7.65. The molecular formula is C20H23F2N3O3S2. The molecule has 2 aromatic rings. The first-order chi connectivity index (χ1) is 14.3. The highest BCUT2D eigenvalue weighted by atomic mass is 32.2. The first-order valence-corrected chi connectivity index (χ1v) is 11.5. The van der Waals surface area contributed by atoms with Crippen LogP contribution in [0.1, 0.15) is 32.6 Å².